The molecule has 2 saturated carbocycles. The highest BCUT2D eigenvalue weighted by Gasteiger charge is 2.35. The van der Waals surface area contributed by atoms with Crippen molar-refractivity contribution in [1.82, 2.24) is 9.88 Å². The smallest absolute Gasteiger partial charge is 0.324 e. The zero-order valence-electron chi connectivity index (χ0n) is 16.3. The first-order valence-corrected chi connectivity index (χ1v) is 11.8. The molecule has 28 heavy (non-hydrogen) atoms. The standard InChI is InChI=1S/C19H29N3O4S2/c1-26-15-8-6-14(7-9-15)22(13-4-2-3-5-13)19(25)21-18-20-12-17(28-18)27-11-10-16(23)24/h12-15H,2-11H2,1H3,(H,23,24)(H,20,21,25)/t14-,15-. The first kappa shape index (κ1) is 21.4. The van der Waals surface area contributed by atoms with E-state index in [2.05, 4.69) is 15.2 Å². The molecule has 9 heteroatoms. The Morgan fingerprint density at radius 3 is 2.57 bits per heavy atom. The number of carboxylic acid groups (broad SMARTS) is 1. The van der Waals surface area contributed by atoms with E-state index in [1.165, 1.54) is 35.9 Å². The second kappa shape index (κ2) is 10.5. The van der Waals surface area contributed by atoms with Crippen molar-refractivity contribution >= 4 is 40.2 Å². The summed E-state index contributed by atoms with van der Waals surface area (Å²) in [4.78, 5) is 30.1. The van der Waals surface area contributed by atoms with Gasteiger partial charge in [0.25, 0.3) is 0 Å². The third-order valence-electron chi connectivity index (χ3n) is 5.58. The molecule has 0 unspecified atom stereocenters. The molecule has 7 nitrogen and oxygen atoms in total. The normalized spacial score (nSPS) is 22.9. The van der Waals surface area contributed by atoms with E-state index in [0.29, 0.717) is 23.0 Å². The van der Waals surface area contributed by atoms with Gasteiger partial charge in [0.2, 0.25) is 0 Å². The van der Waals surface area contributed by atoms with E-state index in [1.54, 1.807) is 13.3 Å². The molecule has 2 aliphatic rings. The lowest BCUT2D eigenvalue weighted by Gasteiger charge is -2.40. The van der Waals surface area contributed by atoms with Gasteiger partial charge in [0.05, 0.1) is 22.9 Å². The predicted molar refractivity (Wildman–Crippen MR) is 111 cm³/mol. The van der Waals surface area contributed by atoms with Crippen molar-refractivity contribution in [2.75, 3.05) is 18.2 Å². The number of hydrogen-bond acceptors (Lipinski definition) is 6. The van der Waals surface area contributed by atoms with Gasteiger partial charge in [-0.25, -0.2) is 9.78 Å². The Morgan fingerprint density at radius 1 is 1.25 bits per heavy atom. The van der Waals surface area contributed by atoms with Crippen molar-refractivity contribution in [1.29, 1.82) is 0 Å². The number of carboxylic acids is 1. The van der Waals surface area contributed by atoms with Crippen molar-refractivity contribution in [3.05, 3.63) is 6.20 Å². The summed E-state index contributed by atoms with van der Waals surface area (Å²) in [7, 11) is 1.76. The summed E-state index contributed by atoms with van der Waals surface area (Å²) in [6.07, 6.45) is 10.6. The molecule has 0 saturated heterocycles. The molecule has 0 atom stereocenters. The van der Waals surface area contributed by atoms with Crippen molar-refractivity contribution in [2.24, 2.45) is 0 Å². The Labute approximate surface area is 174 Å². The van der Waals surface area contributed by atoms with E-state index >= 15 is 0 Å². The molecule has 3 rings (SSSR count). The fourth-order valence-electron chi connectivity index (χ4n) is 4.15. The number of amides is 2. The van der Waals surface area contributed by atoms with Gasteiger partial charge in [-0.3, -0.25) is 10.1 Å². The molecule has 0 spiro atoms. The van der Waals surface area contributed by atoms with Crippen LogP contribution in [0.3, 0.4) is 0 Å². The first-order chi connectivity index (χ1) is 13.6. The number of urea groups is 1. The highest BCUT2D eigenvalue weighted by molar-refractivity contribution is 8.01. The minimum atomic E-state index is -0.805. The first-order valence-electron chi connectivity index (χ1n) is 9.99. The fraction of sp³-hybridized carbons (Fsp3) is 0.737. The quantitative estimate of drug-likeness (QED) is 0.596. The van der Waals surface area contributed by atoms with Crippen LogP contribution >= 0.6 is 23.1 Å². The second-order valence-electron chi connectivity index (χ2n) is 7.42. The maximum absolute atomic E-state index is 13.1. The fourth-order valence-corrected chi connectivity index (χ4v) is 6.02. The monoisotopic (exact) mass is 427 g/mol. The van der Waals surface area contributed by atoms with Crippen molar-refractivity contribution in [3.63, 3.8) is 0 Å². The van der Waals surface area contributed by atoms with Gasteiger partial charge in [-0.15, -0.1) is 11.8 Å². The van der Waals surface area contributed by atoms with Crippen molar-refractivity contribution in [2.45, 2.75) is 80.2 Å². The van der Waals surface area contributed by atoms with Gasteiger partial charge < -0.3 is 14.7 Å². The molecule has 1 aromatic rings. The van der Waals surface area contributed by atoms with Crippen LogP contribution in [-0.4, -0.2) is 58.0 Å². The molecule has 1 aromatic heterocycles. The summed E-state index contributed by atoms with van der Waals surface area (Å²) >= 11 is 2.86. The largest absolute Gasteiger partial charge is 0.481 e. The van der Waals surface area contributed by atoms with E-state index in [9.17, 15) is 9.59 Å². The van der Waals surface area contributed by atoms with E-state index in [1.807, 2.05) is 0 Å². The molecule has 0 radical (unpaired) electrons. The van der Waals surface area contributed by atoms with Gasteiger partial charge >= 0.3 is 12.0 Å². The number of nitrogens with one attached hydrogen (secondary N) is 1. The predicted octanol–water partition coefficient (Wildman–Crippen LogP) is 4.44. The van der Waals surface area contributed by atoms with Crippen LogP contribution in [0.1, 0.15) is 57.8 Å². The van der Waals surface area contributed by atoms with E-state index in [0.717, 1.165) is 42.7 Å². The van der Waals surface area contributed by atoms with Crippen LogP contribution < -0.4 is 5.32 Å². The number of aromatic nitrogens is 1. The van der Waals surface area contributed by atoms with Crippen molar-refractivity contribution < 1.29 is 19.4 Å². The summed E-state index contributed by atoms with van der Waals surface area (Å²) < 4.78 is 6.40. The summed E-state index contributed by atoms with van der Waals surface area (Å²) in [5.41, 5.74) is 0. The summed E-state index contributed by atoms with van der Waals surface area (Å²) in [6.45, 7) is 0. The van der Waals surface area contributed by atoms with Gasteiger partial charge in [0.15, 0.2) is 5.13 Å². The lowest BCUT2D eigenvalue weighted by molar-refractivity contribution is -0.136. The average Bonchev–Trinajstić information content (AvgIpc) is 3.35. The van der Waals surface area contributed by atoms with Crippen LogP contribution in [0.4, 0.5) is 9.93 Å². The zero-order chi connectivity index (χ0) is 19.9. The van der Waals surface area contributed by atoms with Crippen LogP contribution in [0.25, 0.3) is 0 Å². The number of methoxy groups -OCH3 is 1. The number of ether oxygens (including phenoxy) is 1. The van der Waals surface area contributed by atoms with Gasteiger partial charge in [-0.2, -0.15) is 0 Å². The third kappa shape index (κ3) is 5.84. The lowest BCUT2D eigenvalue weighted by Crippen LogP contribution is -2.50. The summed E-state index contributed by atoms with van der Waals surface area (Å²) in [5, 5.41) is 12.3. The van der Waals surface area contributed by atoms with E-state index in [4.69, 9.17) is 9.84 Å². The number of carbonyl (C=O) groups excluding carboxylic acids is 1. The number of aliphatic carboxylic acids is 1. The number of rotatable bonds is 8. The number of carbonyl (C=O) groups is 2. The van der Waals surface area contributed by atoms with Gasteiger partial charge in [0.1, 0.15) is 0 Å². The number of thioether (sulfide) groups is 1. The zero-order valence-corrected chi connectivity index (χ0v) is 17.9. The Hall–Kier alpha value is -1.32. The van der Waals surface area contributed by atoms with Crippen LogP contribution in [0.2, 0.25) is 0 Å². The highest BCUT2D eigenvalue weighted by atomic mass is 32.2. The number of hydrogen-bond donors (Lipinski definition) is 2. The van der Waals surface area contributed by atoms with Gasteiger partial charge in [-0.05, 0) is 38.5 Å². The molecule has 2 aliphatic carbocycles. The molecule has 156 valence electrons. The summed E-state index contributed by atoms with van der Waals surface area (Å²) in [5.74, 6) is -0.303. The van der Waals surface area contributed by atoms with Crippen LogP contribution in [0.15, 0.2) is 10.4 Å². The third-order valence-corrected chi connectivity index (χ3v) is 7.69. The molecule has 1 heterocycles. The minimum absolute atomic E-state index is 0.0517. The number of nitrogens with zero attached hydrogens (tertiary/aromatic N) is 2. The molecule has 0 bridgehead atoms. The Morgan fingerprint density at radius 2 is 1.93 bits per heavy atom. The van der Waals surface area contributed by atoms with E-state index < -0.39 is 5.97 Å². The molecular formula is C19H29N3O4S2. The molecule has 2 amide bonds. The lowest BCUT2D eigenvalue weighted by atomic mass is 9.91. The van der Waals surface area contributed by atoms with Crippen LogP contribution in [0.5, 0.6) is 0 Å². The topological polar surface area (TPSA) is 91.8 Å². The van der Waals surface area contributed by atoms with Crippen LogP contribution in [-0.2, 0) is 9.53 Å². The average molecular weight is 428 g/mol. The molecule has 0 aliphatic heterocycles. The summed E-state index contributed by atoms with van der Waals surface area (Å²) in [6, 6.07) is 0.525. The maximum atomic E-state index is 13.1. The molecular weight excluding hydrogens is 398 g/mol. The van der Waals surface area contributed by atoms with Gasteiger partial charge in [0, 0.05) is 24.9 Å². The van der Waals surface area contributed by atoms with E-state index in [-0.39, 0.29) is 18.5 Å². The number of thiazole rings is 1. The number of anilines is 1. The van der Waals surface area contributed by atoms with Crippen LogP contribution in [0, 0.1) is 0 Å². The Kier molecular flexibility index (Phi) is 7.99. The van der Waals surface area contributed by atoms with Crippen molar-refractivity contribution in [3.8, 4) is 0 Å². The minimum Gasteiger partial charge on any atom is -0.481 e. The molecule has 2 fully saturated rings. The second-order valence-corrected chi connectivity index (χ2v) is 9.84. The maximum Gasteiger partial charge on any atom is 0.324 e. The molecule has 0 aromatic carbocycles. The Balaban J connectivity index is 1.60. The SMILES string of the molecule is CO[C@H]1CC[C@H](N(C(=O)Nc2ncc(SCCC(=O)O)s2)C2CCCC2)CC1. The Bertz CT molecular complexity index is 655. The highest BCUT2D eigenvalue weighted by Crippen LogP contribution is 2.33. The van der Waals surface area contributed by atoms with Gasteiger partial charge in [-0.1, -0.05) is 24.2 Å². The molecule has 2 N–H and O–H groups in total.